The standard InChI is InChI=1S/C17H13F4N3O3/c1-8-5-9(27-17(19,20)21)3-4-11(8)24-14-10(16(25)26-2)6-12-15(13(14)18)23-7-22-12/h3-7,24H,1-2H3,(H,22,23). The van der Waals surface area contributed by atoms with E-state index in [1.807, 2.05) is 0 Å². The fourth-order valence-corrected chi connectivity index (χ4v) is 2.54. The molecule has 1 heterocycles. The summed E-state index contributed by atoms with van der Waals surface area (Å²) in [7, 11) is 1.15. The summed E-state index contributed by atoms with van der Waals surface area (Å²) in [6.07, 6.45) is -3.55. The Morgan fingerprint density at radius 1 is 1.26 bits per heavy atom. The van der Waals surface area contributed by atoms with Crippen LogP contribution in [0, 0.1) is 12.7 Å². The molecule has 27 heavy (non-hydrogen) atoms. The van der Waals surface area contributed by atoms with Gasteiger partial charge in [-0.3, -0.25) is 0 Å². The molecule has 0 unspecified atom stereocenters. The Morgan fingerprint density at radius 2 is 2.00 bits per heavy atom. The van der Waals surface area contributed by atoms with E-state index >= 15 is 0 Å². The molecular formula is C17H13F4N3O3. The summed E-state index contributed by atoms with van der Waals surface area (Å²) in [6.45, 7) is 1.51. The Kier molecular flexibility index (Phi) is 4.64. The van der Waals surface area contributed by atoms with Crippen molar-refractivity contribution in [3.8, 4) is 5.75 Å². The van der Waals surface area contributed by atoms with E-state index in [2.05, 4.69) is 24.8 Å². The molecule has 0 fully saturated rings. The van der Waals surface area contributed by atoms with Crippen molar-refractivity contribution in [3.05, 3.63) is 47.5 Å². The third-order valence-corrected chi connectivity index (χ3v) is 3.75. The van der Waals surface area contributed by atoms with Gasteiger partial charge >= 0.3 is 12.3 Å². The van der Waals surface area contributed by atoms with E-state index in [4.69, 9.17) is 0 Å². The number of halogens is 4. The molecular weight excluding hydrogens is 370 g/mol. The second-order valence-electron chi connectivity index (χ2n) is 5.55. The number of aryl methyl sites for hydroxylation is 1. The first-order chi connectivity index (χ1) is 12.7. The number of benzene rings is 2. The number of carbonyl (C=O) groups is 1. The van der Waals surface area contributed by atoms with Gasteiger partial charge in [-0.1, -0.05) is 0 Å². The van der Waals surface area contributed by atoms with Crippen molar-refractivity contribution in [2.75, 3.05) is 12.4 Å². The molecule has 3 rings (SSSR count). The molecule has 0 atom stereocenters. The lowest BCUT2D eigenvalue weighted by atomic mass is 10.1. The second kappa shape index (κ2) is 6.78. The van der Waals surface area contributed by atoms with E-state index in [0.29, 0.717) is 11.1 Å². The number of alkyl halides is 3. The minimum absolute atomic E-state index is 0.000156. The number of aromatic nitrogens is 2. The van der Waals surface area contributed by atoms with Crippen molar-refractivity contribution in [1.82, 2.24) is 9.97 Å². The first-order valence-corrected chi connectivity index (χ1v) is 7.57. The van der Waals surface area contributed by atoms with Crippen LogP contribution in [0.5, 0.6) is 5.75 Å². The first-order valence-electron chi connectivity index (χ1n) is 7.57. The zero-order valence-corrected chi connectivity index (χ0v) is 14.1. The maximum Gasteiger partial charge on any atom is 0.573 e. The number of rotatable bonds is 4. The summed E-state index contributed by atoms with van der Waals surface area (Å²) in [6, 6.07) is 4.87. The predicted molar refractivity (Wildman–Crippen MR) is 88.5 cm³/mol. The molecule has 0 amide bonds. The first kappa shape index (κ1) is 18.5. The van der Waals surface area contributed by atoms with Gasteiger partial charge in [0.2, 0.25) is 0 Å². The minimum Gasteiger partial charge on any atom is -0.465 e. The fourth-order valence-electron chi connectivity index (χ4n) is 2.54. The smallest absolute Gasteiger partial charge is 0.465 e. The Labute approximate surface area is 150 Å². The maximum atomic E-state index is 14.9. The Hall–Kier alpha value is -3.30. The van der Waals surface area contributed by atoms with Crippen LogP contribution in [-0.2, 0) is 4.74 Å². The molecule has 142 valence electrons. The monoisotopic (exact) mass is 383 g/mol. The van der Waals surface area contributed by atoms with E-state index in [1.54, 1.807) is 0 Å². The zero-order valence-electron chi connectivity index (χ0n) is 14.1. The van der Waals surface area contributed by atoms with Gasteiger partial charge in [0.15, 0.2) is 5.82 Å². The topological polar surface area (TPSA) is 76.2 Å². The molecule has 3 aromatic rings. The summed E-state index contributed by atoms with van der Waals surface area (Å²) in [5.41, 5.74) is 0.622. The number of fused-ring (bicyclic) bond motifs is 1. The van der Waals surface area contributed by atoms with Crippen molar-refractivity contribution in [1.29, 1.82) is 0 Å². The number of ether oxygens (including phenoxy) is 2. The van der Waals surface area contributed by atoms with Crippen LogP contribution in [0.15, 0.2) is 30.6 Å². The molecule has 0 bridgehead atoms. The lowest BCUT2D eigenvalue weighted by Crippen LogP contribution is -2.17. The van der Waals surface area contributed by atoms with Crippen molar-refractivity contribution in [2.45, 2.75) is 13.3 Å². The number of methoxy groups -OCH3 is 1. The number of hydrogen-bond donors (Lipinski definition) is 2. The van der Waals surface area contributed by atoms with E-state index in [9.17, 15) is 22.4 Å². The molecule has 10 heteroatoms. The number of imidazole rings is 1. The molecule has 0 aliphatic heterocycles. The SMILES string of the molecule is COC(=O)c1cc2[nH]cnc2c(F)c1Nc1ccc(OC(F)(F)F)cc1C. The molecule has 2 aromatic carbocycles. The number of esters is 1. The van der Waals surface area contributed by atoms with Crippen molar-refractivity contribution < 1.29 is 31.8 Å². The van der Waals surface area contributed by atoms with E-state index < -0.39 is 23.9 Å². The lowest BCUT2D eigenvalue weighted by Gasteiger charge is -2.16. The third kappa shape index (κ3) is 3.78. The number of H-pyrrole nitrogens is 1. The van der Waals surface area contributed by atoms with Gasteiger partial charge in [0.1, 0.15) is 11.3 Å². The van der Waals surface area contributed by atoms with Gasteiger partial charge < -0.3 is 19.8 Å². The summed E-state index contributed by atoms with van der Waals surface area (Å²) >= 11 is 0. The van der Waals surface area contributed by atoms with E-state index in [1.165, 1.54) is 25.4 Å². The highest BCUT2D eigenvalue weighted by Gasteiger charge is 2.31. The minimum atomic E-state index is -4.82. The number of carbonyl (C=O) groups excluding carboxylic acids is 1. The molecule has 6 nitrogen and oxygen atoms in total. The summed E-state index contributed by atoms with van der Waals surface area (Å²) in [5, 5.41) is 2.73. The number of nitrogens with one attached hydrogen (secondary N) is 2. The highest BCUT2D eigenvalue weighted by Crippen LogP contribution is 2.33. The van der Waals surface area contributed by atoms with Crippen molar-refractivity contribution >= 4 is 28.4 Å². The second-order valence-corrected chi connectivity index (χ2v) is 5.55. The van der Waals surface area contributed by atoms with Crippen molar-refractivity contribution in [2.24, 2.45) is 0 Å². The lowest BCUT2D eigenvalue weighted by molar-refractivity contribution is -0.274. The quantitative estimate of drug-likeness (QED) is 0.515. The number of nitrogens with zero attached hydrogens (tertiary/aromatic N) is 1. The zero-order chi connectivity index (χ0) is 19.8. The van der Waals surface area contributed by atoms with Crippen LogP contribution in [-0.4, -0.2) is 29.4 Å². The van der Waals surface area contributed by atoms with Crippen LogP contribution >= 0.6 is 0 Å². The van der Waals surface area contributed by atoms with E-state index in [0.717, 1.165) is 19.2 Å². The van der Waals surface area contributed by atoms with Gasteiger partial charge in [0.25, 0.3) is 0 Å². The van der Waals surface area contributed by atoms with Gasteiger partial charge in [0, 0.05) is 5.69 Å². The summed E-state index contributed by atoms with van der Waals surface area (Å²) < 4.78 is 60.3. The molecule has 0 radical (unpaired) electrons. The molecule has 1 aromatic heterocycles. The van der Waals surface area contributed by atoms with Crippen LogP contribution in [0.3, 0.4) is 0 Å². The molecule has 0 aliphatic carbocycles. The highest BCUT2D eigenvalue weighted by molar-refractivity contribution is 6.01. The van der Waals surface area contributed by atoms with Gasteiger partial charge in [-0.15, -0.1) is 13.2 Å². The normalized spacial score (nSPS) is 11.5. The maximum absolute atomic E-state index is 14.9. The van der Waals surface area contributed by atoms with Gasteiger partial charge in [0.05, 0.1) is 30.2 Å². The van der Waals surface area contributed by atoms with Gasteiger partial charge in [-0.25, -0.2) is 14.2 Å². The molecule has 0 saturated carbocycles. The summed E-state index contributed by atoms with van der Waals surface area (Å²) in [4.78, 5) is 18.6. The highest BCUT2D eigenvalue weighted by atomic mass is 19.4. The molecule has 2 N–H and O–H groups in total. The van der Waals surface area contributed by atoms with Crippen LogP contribution in [0.2, 0.25) is 0 Å². The Morgan fingerprint density at radius 3 is 2.63 bits per heavy atom. The van der Waals surface area contributed by atoms with Crippen LogP contribution in [0.4, 0.5) is 28.9 Å². The van der Waals surface area contributed by atoms with Crippen molar-refractivity contribution in [3.63, 3.8) is 0 Å². The average molecular weight is 383 g/mol. The number of anilines is 2. The molecule has 0 spiro atoms. The Balaban J connectivity index is 2.03. The largest absolute Gasteiger partial charge is 0.573 e. The van der Waals surface area contributed by atoms with Crippen LogP contribution in [0.1, 0.15) is 15.9 Å². The van der Waals surface area contributed by atoms with Crippen LogP contribution in [0.25, 0.3) is 11.0 Å². The third-order valence-electron chi connectivity index (χ3n) is 3.75. The Bertz CT molecular complexity index is 1010. The van der Waals surface area contributed by atoms with Gasteiger partial charge in [-0.05, 0) is 36.8 Å². The number of aromatic amines is 1. The molecule has 0 saturated heterocycles. The van der Waals surface area contributed by atoms with Crippen LogP contribution < -0.4 is 10.1 Å². The van der Waals surface area contributed by atoms with Gasteiger partial charge in [-0.2, -0.15) is 0 Å². The number of hydrogen-bond acceptors (Lipinski definition) is 5. The fraction of sp³-hybridized carbons (Fsp3) is 0.176. The summed E-state index contributed by atoms with van der Waals surface area (Å²) in [5.74, 6) is -2.01. The predicted octanol–water partition coefficient (Wildman–Crippen LogP) is 4.44. The molecule has 0 aliphatic rings. The van der Waals surface area contributed by atoms with E-state index in [-0.39, 0.29) is 22.5 Å². The average Bonchev–Trinajstić information content (AvgIpc) is 3.06.